The molecule has 0 spiro atoms. The number of nitrogens with one attached hydrogen (secondary N) is 1. The summed E-state index contributed by atoms with van der Waals surface area (Å²) in [5, 5.41) is 15.8. The zero-order chi connectivity index (χ0) is 15.7. The van der Waals surface area contributed by atoms with Gasteiger partial charge in [0.2, 0.25) is 0 Å². The normalized spacial score (nSPS) is 20.4. The van der Waals surface area contributed by atoms with Gasteiger partial charge in [0.25, 0.3) is 5.91 Å². The Hall–Kier alpha value is -2.22. The molecule has 1 saturated heterocycles. The van der Waals surface area contributed by atoms with Gasteiger partial charge >= 0.3 is 0 Å². The summed E-state index contributed by atoms with van der Waals surface area (Å²) >= 11 is 0. The van der Waals surface area contributed by atoms with Gasteiger partial charge in [-0.05, 0) is 26.8 Å². The minimum atomic E-state index is -0.305. The molecule has 2 aromatic heterocycles. The van der Waals surface area contributed by atoms with E-state index in [0.29, 0.717) is 12.4 Å². The van der Waals surface area contributed by atoms with E-state index in [1.165, 1.54) is 0 Å². The first-order valence-corrected chi connectivity index (χ1v) is 7.50. The third-order valence-electron chi connectivity index (χ3n) is 4.11. The van der Waals surface area contributed by atoms with Crippen molar-refractivity contribution in [2.75, 3.05) is 18.5 Å². The van der Waals surface area contributed by atoms with Crippen LogP contribution >= 0.6 is 0 Å². The number of hydrogen-bond acceptors (Lipinski definition) is 5. The number of piperidine rings is 1. The largest absolute Gasteiger partial charge is 0.312 e. The lowest BCUT2D eigenvalue weighted by atomic mass is 10.0. The van der Waals surface area contributed by atoms with Gasteiger partial charge in [-0.1, -0.05) is 5.21 Å². The number of amides is 1. The maximum absolute atomic E-state index is 12.8. The van der Waals surface area contributed by atoms with Crippen molar-refractivity contribution < 1.29 is 4.79 Å². The topological polar surface area (TPSA) is 80.9 Å². The van der Waals surface area contributed by atoms with Gasteiger partial charge < -0.3 is 5.32 Å². The second-order valence-corrected chi connectivity index (χ2v) is 5.63. The lowest BCUT2D eigenvalue weighted by molar-refractivity contribution is -0.123. The van der Waals surface area contributed by atoms with Gasteiger partial charge in [-0.3, -0.25) is 14.4 Å². The van der Waals surface area contributed by atoms with E-state index in [1.54, 1.807) is 14.3 Å². The molecule has 1 aliphatic heterocycles. The van der Waals surface area contributed by atoms with E-state index in [0.717, 1.165) is 18.5 Å². The highest BCUT2D eigenvalue weighted by molar-refractivity contribution is 5.95. The Kier molecular flexibility index (Phi) is 3.93. The predicted molar refractivity (Wildman–Crippen MR) is 81.3 cm³/mol. The van der Waals surface area contributed by atoms with Crippen LogP contribution in [0.2, 0.25) is 0 Å². The first-order chi connectivity index (χ1) is 10.6. The molecule has 1 N–H and O–H groups in total. The summed E-state index contributed by atoms with van der Waals surface area (Å²) in [4.78, 5) is 14.5. The number of carbonyl (C=O) groups is 1. The maximum Gasteiger partial charge on any atom is 0.253 e. The van der Waals surface area contributed by atoms with Crippen molar-refractivity contribution in [2.24, 2.45) is 7.05 Å². The minimum absolute atomic E-state index is 0.0264. The van der Waals surface area contributed by atoms with E-state index >= 15 is 0 Å². The number of rotatable bonds is 4. The number of nitrogens with zero attached hydrogens (tertiary/aromatic N) is 6. The van der Waals surface area contributed by atoms with E-state index < -0.39 is 0 Å². The summed E-state index contributed by atoms with van der Waals surface area (Å²) in [6.45, 7) is 2.71. The minimum Gasteiger partial charge on any atom is -0.312 e. The van der Waals surface area contributed by atoms with Crippen molar-refractivity contribution in [3.8, 4) is 0 Å². The average molecular weight is 303 g/mol. The molecular weight excluding hydrogens is 282 g/mol. The zero-order valence-corrected chi connectivity index (χ0v) is 13.1. The van der Waals surface area contributed by atoms with Gasteiger partial charge in [0.05, 0.1) is 11.9 Å². The highest BCUT2D eigenvalue weighted by Gasteiger charge is 2.33. The van der Waals surface area contributed by atoms with Crippen LogP contribution in [0.3, 0.4) is 0 Å². The molecule has 1 amide bonds. The molecule has 2 aromatic rings. The Labute approximate surface area is 129 Å². The quantitative estimate of drug-likeness (QED) is 0.897. The molecule has 3 rings (SSSR count). The zero-order valence-electron chi connectivity index (χ0n) is 13.1. The SMILES string of the molecule is CNC(C)c1cn(C2CCCN(c3ccn(C)n3)C2=O)nn1. The molecular formula is C14H21N7O. The highest BCUT2D eigenvalue weighted by Crippen LogP contribution is 2.26. The number of carbonyl (C=O) groups excluding carboxylic acids is 1. The fourth-order valence-electron chi connectivity index (χ4n) is 2.66. The molecule has 22 heavy (non-hydrogen) atoms. The lowest BCUT2D eigenvalue weighted by Gasteiger charge is -2.30. The second kappa shape index (κ2) is 5.88. The van der Waals surface area contributed by atoms with Crippen molar-refractivity contribution in [1.29, 1.82) is 0 Å². The fourth-order valence-corrected chi connectivity index (χ4v) is 2.66. The summed E-state index contributed by atoms with van der Waals surface area (Å²) in [6.07, 6.45) is 5.39. The van der Waals surface area contributed by atoms with Gasteiger partial charge in [0, 0.05) is 31.9 Å². The Morgan fingerprint density at radius 1 is 1.45 bits per heavy atom. The van der Waals surface area contributed by atoms with Gasteiger partial charge in [0.15, 0.2) is 5.82 Å². The molecule has 3 heterocycles. The van der Waals surface area contributed by atoms with Crippen LogP contribution in [-0.4, -0.2) is 44.3 Å². The number of aryl methyl sites for hydroxylation is 1. The molecule has 0 saturated carbocycles. The van der Waals surface area contributed by atoms with Gasteiger partial charge in [-0.25, -0.2) is 4.68 Å². The van der Waals surface area contributed by atoms with Crippen molar-refractivity contribution in [3.05, 3.63) is 24.2 Å². The highest BCUT2D eigenvalue weighted by atomic mass is 16.2. The molecule has 118 valence electrons. The van der Waals surface area contributed by atoms with Crippen LogP contribution in [0.25, 0.3) is 0 Å². The van der Waals surface area contributed by atoms with E-state index in [-0.39, 0.29) is 18.0 Å². The summed E-state index contributed by atoms with van der Waals surface area (Å²) < 4.78 is 3.38. The number of anilines is 1. The Morgan fingerprint density at radius 2 is 2.27 bits per heavy atom. The van der Waals surface area contributed by atoms with Crippen LogP contribution in [0, 0.1) is 0 Å². The van der Waals surface area contributed by atoms with Crippen molar-refractivity contribution >= 4 is 11.7 Å². The van der Waals surface area contributed by atoms with Crippen LogP contribution in [0.15, 0.2) is 18.5 Å². The summed E-state index contributed by atoms with van der Waals surface area (Å²) in [5.41, 5.74) is 0.838. The van der Waals surface area contributed by atoms with Crippen LogP contribution in [0.4, 0.5) is 5.82 Å². The van der Waals surface area contributed by atoms with E-state index in [2.05, 4.69) is 20.7 Å². The van der Waals surface area contributed by atoms with Gasteiger partial charge in [-0.2, -0.15) is 5.10 Å². The van der Waals surface area contributed by atoms with E-state index in [9.17, 15) is 4.79 Å². The van der Waals surface area contributed by atoms with E-state index in [4.69, 9.17) is 0 Å². The van der Waals surface area contributed by atoms with Gasteiger partial charge in [-0.15, -0.1) is 5.10 Å². The number of hydrogen-bond donors (Lipinski definition) is 1. The molecule has 0 bridgehead atoms. The molecule has 0 aromatic carbocycles. The lowest BCUT2D eigenvalue weighted by Crippen LogP contribution is -2.42. The predicted octanol–water partition coefficient (Wildman–Crippen LogP) is 0.660. The first kappa shape index (κ1) is 14.7. The van der Waals surface area contributed by atoms with Crippen LogP contribution < -0.4 is 10.2 Å². The van der Waals surface area contributed by atoms with Crippen LogP contribution in [0.1, 0.15) is 37.5 Å². The Bertz CT molecular complexity index is 662. The molecule has 0 radical (unpaired) electrons. The molecule has 0 aliphatic carbocycles. The number of aromatic nitrogens is 5. The molecule has 1 aliphatic rings. The molecule has 1 fully saturated rings. The van der Waals surface area contributed by atoms with Gasteiger partial charge in [0.1, 0.15) is 6.04 Å². The van der Waals surface area contributed by atoms with Crippen molar-refractivity contribution in [2.45, 2.75) is 31.8 Å². The summed E-state index contributed by atoms with van der Waals surface area (Å²) in [5.74, 6) is 0.722. The van der Waals surface area contributed by atoms with Crippen molar-refractivity contribution in [3.63, 3.8) is 0 Å². The molecule has 2 unspecified atom stereocenters. The monoisotopic (exact) mass is 303 g/mol. The average Bonchev–Trinajstić information content (AvgIpc) is 3.16. The standard InChI is InChI=1S/C14H21N7O/c1-10(15-2)11-9-21(18-16-11)12-5-4-7-20(14(12)22)13-6-8-19(3)17-13/h6,8-10,12,15H,4-5,7H2,1-3H3. The summed E-state index contributed by atoms with van der Waals surface area (Å²) in [7, 11) is 3.72. The van der Waals surface area contributed by atoms with Crippen LogP contribution in [0.5, 0.6) is 0 Å². The second-order valence-electron chi connectivity index (χ2n) is 5.63. The molecule has 8 nitrogen and oxygen atoms in total. The Morgan fingerprint density at radius 3 is 2.95 bits per heavy atom. The first-order valence-electron chi connectivity index (χ1n) is 7.50. The van der Waals surface area contributed by atoms with Crippen molar-refractivity contribution in [1.82, 2.24) is 30.1 Å². The third-order valence-corrected chi connectivity index (χ3v) is 4.11. The fraction of sp³-hybridized carbons (Fsp3) is 0.571. The molecule has 8 heteroatoms. The third kappa shape index (κ3) is 2.61. The summed E-state index contributed by atoms with van der Waals surface area (Å²) in [6, 6.07) is 1.66. The Balaban J connectivity index is 1.82. The molecule has 2 atom stereocenters. The smallest absolute Gasteiger partial charge is 0.253 e. The maximum atomic E-state index is 12.8. The van der Waals surface area contributed by atoms with E-state index in [1.807, 2.05) is 39.5 Å². The van der Waals surface area contributed by atoms with Crippen LogP contribution in [-0.2, 0) is 11.8 Å².